The van der Waals surface area contributed by atoms with Gasteiger partial charge < -0.3 is 5.11 Å². The molecule has 1 heterocycles. The van der Waals surface area contributed by atoms with Crippen LogP contribution in [0.1, 0.15) is 39.5 Å². The third-order valence-electron chi connectivity index (χ3n) is 5.89. The van der Waals surface area contributed by atoms with Gasteiger partial charge in [-0.25, -0.2) is 5.43 Å². The molecule has 0 saturated carbocycles. The highest BCUT2D eigenvalue weighted by atomic mass is 16.3. The predicted molar refractivity (Wildman–Crippen MR) is 139 cm³/mol. The van der Waals surface area contributed by atoms with Crippen LogP contribution < -0.4 is 10.4 Å². The van der Waals surface area contributed by atoms with Gasteiger partial charge in [-0.15, -0.1) is 0 Å². The second kappa shape index (κ2) is 10.1. The number of carbonyl (C=O) groups is 1. The summed E-state index contributed by atoms with van der Waals surface area (Å²) in [6, 6.07) is 35.0. The molecule has 0 unspecified atom stereocenters. The van der Waals surface area contributed by atoms with Crippen LogP contribution in [-0.2, 0) is 0 Å². The largest absolute Gasteiger partial charge is 0.507 e. The van der Waals surface area contributed by atoms with Crippen LogP contribution in [0, 0.1) is 0 Å². The first-order valence-electron chi connectivity index (χ1n) is 11.4. The molecular weight excluding hydrogens is 436 g/mol. The Labute approximate surface area is 203 Å². The maximum absolute atomic E-state index is 12.2. The van der Waals surface area contributed by atoms with Gasteiger partial charge in [0.15, 0.2) is 0 Å². The summed E-state index contributed by atoms with van der Waals surface area (Å²) in [5.41, 5.74) is 7.81. The van der Waals surface area contributed by atoms with Crippen molar-refractivity contribution in [1.29, 1.82) is 0 Å². The van der Waals surface area contributed by atoms with Crippen LogP contribution in [0.25, 0.3) is 0 Å². The van der Waals surface area contributed by atoms with E-state index < -0.39 is 5.91 Å². The molecule has 6 nitrogen and oxygen atoms in total. The molecule has 0 aromatic heterocycles. The lowest BCUT2D eigenvalue weighted by atomic mass is 9.98. The zero-order chi connectivity index (χ0) is 24.0. The van der Waals surface area contributed by atoms with Crippen LogP contribution in [0.5, 0.6) is 5.75 Å². The number of nitrogens with zero attached hydrogens (tertiary/aromatic N) is 3. The molecule has 2 N–H and O–H groups in total. The fourth-order valence-corrected chi connectivity index (χ4v) is 4.09. The van der Waals surface area contributed by atoms with Crippen molar-refractivity contribution in [2.45, 2.75) is 12.5 Å². The Morgan fingerprint density at radius 2 is 1.54 bits per heavy atom. The summed E-state index contributed by atoms with van der Waals surface area (Å²) in [5.74, 6) is -0.555. The zero-order valence-corrected chi connectivity index (χ0v) is 19.0. The van der Waals surface area contributed by atoms with Gasteiger partial charge in [0, 0.05) is 6.42 Å². The minimum absolute atomic E-state index is 0.0847. The first kappa shape index (κ1) is 22.1. The Morgan fingerprint density at radius 1 is 0.886 bits per heavy atom. The molecule has 0 saturated heterocycles. The Kier molecular flexibility index (Phi) is 6.35. The van der Waals surface area contributed by atoms with Gasteiger partial charge in [-0.05, 0) is 41.0 Å². The summed E-state index contributed by atoms with van der Waals surface area (Å²) in [5, 5.41) is 20.9. The molecule has 0 bridgehead atoms. The topological polar surface area (TPSA) is 77.3 Å². The number of benzene rings is 4. The van der Waals surface area contributed by atoms with Crippen molar-refractivity contribution in [3.8, 4) is 5.75 Å². The van der Waals surface area contributed by atoms with E-state index in [4.69, 9.17) is 5.10 Å². The summed E-state index contributed by atoms with van der Waals surface area (Å²) in [7, 11) is 0. The number of nitrogens with one attached hydrogen (secondary N) is 1. The number of carbonyl (C=O) groups excluding carboxylic acids is 1. The van der Waals surface area contributed by atoms with Gasteiger partial charge in [-0.2, -0.15) is 10.2 Å². The van der Waals surface area contributed by atoms with E-state index in [0.717, 1.165) is 28.9 Å². The van der Waals surface area contributed by atoms with Crippen LogP contribution in [0.4, 0.5) is 5.69 Å². The number of phenolic OH excluding ortho intramolecular Hbond substituents is 1. The van der Waals surface area contributed by atoms with E-state index in [9.17, 15) is 9.90 Å². The van der Waals surface area contributed by atoms with Crippen LogP contribution in [0.2, 0.25) is 0 Å². The van der Waals surface area contributed by atoms with Crippen molar-refractivity contribution in [3.63, 3.8) is 0 Å². The first-order chi connectivity index (χ1) is 17.2. The highest BCUT2D eigenvalue weighted by molar-refractivity contribution is 6.03. The summed E-state index contributed by atoms with van der Waals surface area (Å²) < 4.78 is 0. The highest BCUT2D eigenvalue weighted by Crippen LogP contribution is 2.36. The van der Waals surface area contributed by atoms with Crippen LogP contribution in [0.15, 0.2) is 119 Å². The number of hydrogen-bond acceptors (Lipinski definition) is 5. The molecule has 0 fully saturated rings. The third-order valence-corrected chi connectivity index (χ3v) is 5.89. The maximum atomic E-state index is 12.2. The van der Waals surface area contributed by atoms with E-state index in [1.54, 1.807) is 24.4 Å². The van der Waals surface area contributed by atoms with E-state index in [1.807, 2.05) is 48.5 Å². The summed E-state index contributed by atoms with van der Waals surface area (Å²) in [6.07, 6.45) is 2.38. The molecule has 1 aliphatic rings. The van der Waals surface area contributed by atoms with E-state index in [2.05, 4.69) is 51.9 Å². The van der Waals surface area contributed by atoms with Gasteiger partial charge in [-0.1, -0.05) is 84.9 Å². The van der Waals surface area contributed by atoms with Crippen molar-refractivity contribution in [2.24, 2.45) is 10.2 Å². The van der Waals surface area contributed by atoms with Crippen molar-refractivity contribution < 1.29 is 9.90 Å². The standard InChI is InChI=1S/C29H24N4O2/c34-28-14-8-7-13-25(28)29(35)31-30-20-21-15-17-24(18-16-21)33-27(23-11-5-2-6-12-23)19-26(32-33)22-9-3-1-4-10-22/h1-18,20,27,34H,19H2,(H,31,35)/b30-20-/t27-/m0/s1. The molecule has 4 aromatic rings. The van der Waals surface area contributed by atoms with Gasteiger partial charge in [-0.3, -0.25) is 9.80 Å². The van der Waals surface area contributed by atoms with Gasteiger partial charge in [0.05, 0.1) is 29.2 Å². The predicted octanol–water partition coefficient (Wildman–Crippen LogP) is 5.51. The number of hydrogen-bond donors (Lipinski definition) is 2. The second-order valence-corrected chi connectivity index (χ2v) is 8.20. The molecule has 5 rings (SSSR count). The summed E-state index contributed by atoms with van der Waals surface area (Å²) >= 11 is 0. The van der Waals surface area contributed by atoms with Crippen molar-refractivity contribution >= 4 is 23.5 Å². The number of hydrazone groups is 2. The minimum atomic E-state index is -0.471. The van der Waals surface area contributed by atoms with Crippen LogP contribution in [0.3, 0.4) is 0 Å². The number of anilines is 1. The molecular formula is C29H24N4O2. The van der Waals surface area contributed by atoms with E-state index in [0.29, 0.717) is 0 Å². The Morgan fingerprint density at radius 3 is 2.26 bits per heavy atom. The summed E-state index contributed by atoms with van der Waals surface area (Å²) in [4.78, 5) is 12.2. The molecule has 0 radical (unpaired) electrons. The molecule has 4 aromatic carbocycles. The van der Waals surface area contributed by atoms with Gasteiger partial charge in [0.2, 0.25) is 0 Å². The Balaban J connectivity index is 1.34. The van der Waals surface area contributed by atoms with Crippen molar-refractivity contribution in [1.82, 2.24) is 5.43 Å². The highest BCUT2D eigenvalue weighted by Gasteiger charge is 2.29. The molecule has 1 atom stereocenters. The average Bonchev–Trinajstić information content (AvgIpc) is 3.36. The van der Waals surface area contributed by atoms with Crippen LogP contribution in [-0.4, -0.2) is 22.9 Å². The molecule has 0 spiro atoms. The third kappa shape index (κ3) is 4.96. The smallest absolute Gasteiger partial charge is 0.275 e. The quantitative estimate of drug-likeness (QED) is 0.294. The molecule has 0 aliphatic carbocycles. The Bertz CT molecular complexity index is 1370. The number of para-hydroxylation sites is 1. The number of amides is 1. The van der Waals surface area contributed by atoms with E-state index in [1.165, 1.54) is 11.6 Å². The Hall–Kier alpha value is -4.71. The lowest BCUT2D eigenvalue weighted by Gasteiger charge is -2.24. The molecule has 172 valence electrons. The van der Waals surface area contributed by atoms with Crippen LogP contribution >= 0.6 is 0 Å². The molecule has 1 amide bonds. The van der Waals surface area contributed by atoms with Crippen molar-refractivity contribution in [2.75, 3.05) is 5.01 Å². The fourth-order valence-electron chi connectivity index (χ4n) is 4.09. The minimum Gasteiger partial charge on any atom is -0.507 e. The number of phenols is 1. The zero-order valence-electron chi connectivity index (χ0n) is 19.0. The second-order valence-electron chi connectivity index (χ2n) is 8.20. The SMILES string of the molecule is O=C(N/N=C\c1ccc(N2N=C(c3ccccc3)C[C@H]2c2ccccc2)cc1)c1ccccc1O. The maximum Gasteiger partial charge on any atom is 0.275 e. The normalized spacial score (nSPS) is 15.3. The first-order valence-corrected chi connectivity index (χ1v) is 11.4. The number of rotatable bonds is 6. The van der Waals surface area contributed by atoms with E-state index >= 15 is 0 Å². The van der Waals surface area contributed by atoms with Gasteiger partial charge in [0.1, 0.15) is 5.75 Å². The molecule has 6 heteroatoms. The molecule has 35 heavy (non-hydrogen) atoms. The molecule has 1 aliphatic heterocycles. The summed E-state index contributed by atoms with van der Waals surface area (Å²) in [6.45, 7) is 0. The van der Waals surface area contributed by atoms with Crippen molar-refractivity contribution in [3.05, 3.63) is 131 Å². The average molecular weight is 461 g/mol. The van der Waals surface area contributed by atoms with E-state index in [-0.39, 0.29) is 17.4 Å². The number of aromatic hydroxyl groups is 1. The fraction of sp³-hybridized carbons (Fsp3) is 0.0690. The lowest BCUT2D eigenvalue weighted by Crippen LogP contribution is -2.18. The van der Waals surface area contributed by atoms with Gasteiger partial charge >= 0.3 is 0 Å². The lowest BCUT2D eigenvalue weighted by molar-refractivity contribution is 0.0952. The monoisotopic (exact) mass is 460 g/mol. The van der Waals surface area contributed by atoms with Gasteiger partial charge in [0.25, 0.3) is 5.91 Å².